The van der Waals surface area contributed by atoms with Gasteiger partial charge in [0.1, 0.15) is 23.0 Å². The molecule has 2 unspecified atom stereocenters. The van der Waals surface area contributed by atoms with Gasteiger partial charge in [-0.2, -0.15) is 5.26 Å². The second-order valence-corrected chi connectivity index (χ2v) is 11.9. The predicted molar refractivity (Wildman–Crippen MR) is 162 cm³/mol. The fraction of sp³-hybridized carbons (Fsp3) is 0.382. The van der Waals surface area contributed by atoms with Gasteiger partial charge < -0.3 is 29.1 Å². The number of fused-ring (bicyclic) bond motifs is 1. The highest BCUT2D eigenvalue weighted by Gasteiger charge is 2.43. The summed E-state index contributed by atoms with van der Waals surface area (Å²) in [7, 11) is 4.52. The third-order valence-electron chi connectivity index (χ3n) is 8.41. The van der Waals surface area contributed by atoms with Crippen molar-refractivity contribution < 1.29 is 28.2 Å². The van der Waals surface area contributed by atoms with Crippen molar-refractivity contribution in [2.75, 3.05) is 21.3 Å². The van der Waals surface area contributed by atoms with Crippen LogP contribution in [0.4, 0.5) is 0 Å². The van der Waals surface area contributed by atoms with Crippen LogP contribution in [0.2, 0.25) is 0 Å². The minimum atomic E-state index is -0.707. The van der Waals surface area contributed by atoms with Gasteiger partial charge in [-0.1, -0.05) is 33.8 Å². The van der Waals surface area contributed by atoms with Crippen LogP contribution in [0, 0.1) is 16.7 Å². The SMILES string of the molecule is CCC(C)c1cc(C2C(C#N)=C(N)OC3=C2C(=O)CC(C)(C)C3)cc2cc(-c3cc(OC)c(OC)c(OC)c3)c(=O)oc12. The number of Topliss-reactive ketones (excluding diaryl/α,β-unsaturated/α-hetero) is 1. The minimum Gasteiger partial charge on any atom is -0.493 e. The number of carbonyl (C=O) groups excluding carboxylic acids is 1. The molecule has 2 aliphatic rings. The largest absolute Gasteiger partial charge is 0.493 e. The van der Waals surface area contributed by atoms with Crippen molar-refractivity contribution in [1.82, 2.24) is 0 Å². The van der Waals surface area contributed by atoms with Gasteiger partial charge in [-0.15, -0.1) is 0 Å². The quantitative estimate of drug-likeness (QED) is 0.311. The fourth-order valence-electron chi connectivity index (χ4n) is 6.09. The number of hydrogen-bond acceptors (Lipinski definition) is 9. The number of nitriles is 1. The first-order valence-corrected chi connectivity index (χ1v) is 14.2. The molecule has 2 heterocycles. The zero-order chi connectivity index (χ0) is 31.2. The van der Waals surface area contributed by atoms with Gasteiger partial charge in [0.2, 0.25) is 11.6 Å². The van der Waals surface area contributed by atoms with Gasteiger partial charge >= 0.3 is 5.63 Å². The number of rotatable bonds is 7. The number of hydrogen-bond donors (Lipinski definition) is 1. The molecule has 1 aliphatic carbocycles. The molecule has 0 saturated heterocycles. The van der Waals surface area contributed by atoms with Crippen LogP contribution in [-0.4, -0.2) is 27.1 Å². The summed E-state index contributed by atoms with van der Waals surface area (Å²) in [6.45, 7) is 8.11. The lowest BCUT2D eigenvalue weighted by molar-refractivity contribution is -0.119. The Labute approximate surface area is 250 Å². The zero-order valence-corrected chi connectivity index (χ0v) is 25.5. The molecule has 2 N–H and O–H groups in total. The summed E-state index contributed by atoms with van der Waals surface area (Å²) in [6.07, 6.45) is 1.63. The molecule has 0 fully saturated rings. The monoisotopic (exact) mass is 584 g/mol. The molecule has 3 aromatic rings. The van der Waals surface area contributed by atoms with E-state index in [4.69, 9.17) is 29.1 Å². The molecule has 0 bridgehead atoms. The lowest BCUT2D eigenvalue weighted by Gasteiger charge is -2.37. The summed E-state index contributed by atoms with van der Waals surface area (Å²) in [5, 5.41) is 10.8. The highest BCUT2D eigenvalue weighted by atomic mass is 16.5. The van der Waals surface area contributed by atoms with E-state index in [1.54, 1.807) is 18.2 Å². The molecule has 0 saturated carbocycles. The average Bonchev–Trinajstić information content (AvgIpc) is 2.97. The predicted octanol–water partition coefficient (Wildman–Crippen LogP) is 6.45. The van der Waals surface area contributed by atoms with E-state index in [2.05, 4.69) is 6.07 Å². The van der Waals surface area contributed by atoms with Crippen molar-refractivity contribution in [2.45, 2.75) is 58.8 Å². The van der Waals surface area contributed by atoms with Crippen LogP contribution in [0.1, 0.15) is 69.9 Å². The summed E-state index contributed by atoms with van der Waals surface area (Å²) in [6, 6.07) is 11.1. The third kappa shape index (κ3) is 5.11. The fourth-order valence-corrected chi connectivity index (χ4v) is 6.09. The smallest absolute Gasteiger partial charge is 0.344 e. The standard InChI is InChI=1S/C34H36N2O7/c1-8-17(2)21-10-19(28-23(16-35)32(36)42-27-15-34(3,4)14-24(37)29(27)28)9-20-11-22(33(38)43-30(20)21)18-12-25(39-5)31(41-7)26(13-18)40-6/h9-13,17,28H,8,14-15,36H2,1-7H3. The lowest BCUT2D eigenvalue weighted by Crippen LogP contribution is -2.33. The van der Waals surface area contributed by atoms with Crippen molar-refractivity contribution in [2.24, 2.45) is 11.1 Å². The van der Waals surface area contributed by atoms with Crippen LogP contribution in [0.25, 0.3) is 22.1 Å². The van der Waals surface area contributed by atoms with Gasteiger partial charge in [-0.05, 0) is 58.7 Å². The van der Waals surface area contributed by atoms with Crippen LogP contribution < -0.4 is 25.6 Å². The molecule has 2 aromatic carbocycles. The first-order chi connectivity index (χ1) is 20.5. The van der Waals surface area contributed by atoms with Crippen molar-refractivity contribution in [3.63, 3.8) is 0 Å². The van der Waals surface area contributed by atoms with Crippen LogP contribution in [0.15, 0.2) is 62.3 Å². The van der Waals surface area contributed by atoms with Crippen molar-refractivity contribution >= 4 is 16.8 Å². The number of nitrogens with two attached hydrogens (primary N) is 1. The van der Waals surface area contributed by atoms with E-state index in [-0.39, 0.29) is 34.1 Å². The van der Waals surface area contributed by atoms with Gasteiger partial charge in [0.15, 0.2) is 17.3 Å². The van der Waals surface area contributed by atoms with E-state index in [9.17, 15) is 14.9 Å². The molecular formula is C34H36N2O7. The second kappa shape index (κ2) is 11.2. The Bertz CT molecular complexity index is 1780. The van der Waals surface area contributed by atoms with Gasteiger partial charge in [0.25, 0.3) is 0 Å². The molecule has 1 aromatic heterocycles. The van der Waals surface area contributed by atoms with E-state index in [0.29, 0.717) is 63.5 Å². The van der Waals surface area contributed by atoms with E-state index in [0.717, 1.165) is 12.0 Å². The Morgan fingerprint density at radius 2 is 1.72 bits per heavy atom. The molecule has 0 radical (unpaired) electrons. The van der Waals surface area contributed by atoms with Crippen LogP contribution in [0.3, 0.4) is 0 Å². The Morgan fingerprint density at radius 3 is 2.30 bits per heavy atom. The van der Waals surface area contributed by atoms with E-state index in [1.807, 2.05) is 39.8 Å². The van der Waals surface area contributed by atoms with E-state index >= 15 is 0 Å². The minimum absolute atomic E-state index is 0.000331. The Morgan fingerprint density at radius 1 is 1.05 bits per heavy atom. The maximum absolute atomic E-state index is 13.6. The summed E-state index contributed by atoms with van der Waals surface area (Å²) < 4.78 is 28.4. The number of allylic oxidation sites excluding steroid dienone is 3. The van der Waals surface area contributed by atoms with Crippen molar-refractivity contribution in [3.8, 4) is 34.4 Å². The molecule has 43 heavy (non-hydrogen) atoms. The molecule has 1 aliphatic heterocycles. The average molecular weight is 585 g/mol. The Hall–Kier alpha value is -4.71. The number of carbonyl (C=O) groups is 1. The van der Waals surface area contributed by atoms with Gasteiger partial charge in [0, 0.05) is 23.8 Å². The summed E-state index contributed by atoms with van der Waals surface area (Å²) >= 11 is 0. The van der Waals surface area contributed by atoms with Gasteiger partial charge in [-0.3, -0.25) is 4.79 Å². The van der Waals surface area contributed by atoms with E-state index in [1.165, 1.54) is 21.3 Å². The zero-order valence-electron chi connectivity index (χ0n) is 25.5. The number of ether oxygens (including phenoxy) is 4. The third-order valence-corrected chi connectivity index (χ3v) is 8.41. The molecule has 9 heteroatoms. The van der Waals surface area contributed by atoms with Crippen LogP contribution in [0.5, 0.6) is 17.2 Å². The highest BCUT2D eigenvalue weighted by Crippen LogP contribution is 2.49. The molecule has 5 rings (SSSR count). The Kier molecular flexibility index (Phi) is 7.74. The molecule has 0 amide bonds. The summed E-state index contributed by atoms with van der Waals surface area (Å²) in [5.41, 5.74) is 8.87. The first-order valence-electron chi connectivity index (χ1n) is 14.2. The van der Waals surface area contributed by atoms with Gasteiger partial charge in [-0.25, -0.2) is 4.79 Å². The Balaban J connectivity index is 1.79. The number of nitrogens with zero attached hydrogens (tertiary/aromatic N) is 1. The van der Waals surface area contributed by atoms with Crippen molar-refractivity contribution in [3.05, 3.63) is 74.7 Å². The van der Waals surface area contributed by atoms with Crippen molar-refractivity contribution in [1.29, 1.82) is 5.26 Å². The topological polar surface area (TPSA) is 134 Å². The normalized spacial score (nSPS) is 18.6. The second-order valence-electron chi connectivity index (χ2n) is 11.9. The molecule has 9 nitrogen and oxygen atoms in total. The molecule has 0 spiro atoms. The van der Waals surface area contributed by atoms with Gasteiger partial charge in [0.05, 0.1) is 32.8 Å². The lowest BCUT2D eigenvalue weighted by atomic mass is 9.70. The van der Waals surface area contributed by atoms with Crippen LogP contribution >= 0.6 is 0 Å². The number of methoxy groups -OCH3 is 3. The number of benzene rings is 2. The maximum Gasteiger partial charge on any atom is 0.344 e. The number of ketones is 1. The van der Waals surface area contributed by atoms with E-state index < -0.39 is 11.5 Å². The summed E-state index contributed by atoms with van der Waals surface area (Å²) in [4.78, 5) is 27.0. The molecule has 224 valence electrons. The summed E-state index contributed by atoms with van der Waals surface area (Å²) in [5.74, 6) is 0.928. The maximum atomic E-state index is 13.6. The molecule has 2 atom stereocenters. The first kappa shape index (κ1) is 29.8. The highest BCUT2D eigenvalue weighted by molar-refractivity contribution is 6.00. The van der Waals surface area contributed by atoms with Crippen LogP contribution in [-0.2, 0) is 9.53 Å². The molecular weight excluding hydrogens is 548 g/mol.